The molecule has 0 unspecified atom stereocenters. The van der Waals surface area contributed by atoms with Crippen molar-refractivity contribution in [3.63, 3.8) is 0 Å². The second kappa shape index (κ2) is 9.98. The van der Waals surface area contributed by atoms with Crippen LogP contribution in [0, 0.1) is 18.3 Å². The molecule has 0 fully saturated rings. The summed E-state index contributed by atoms with van der Waals surface area (Å²) in [6.07, 6.45) is 1.52. The van der Waals surface area contributed by atoms with Gasteiger partial charge in [-0.2, -0.15) is 5.26 Å². The molecule has 0 heterocycles. The van der Waals surface area contributed by atoms with E-state index in [9.17, 15) is 10.1 Å². The van der Waals surface area contributed by atoms with Crippen molar-refractivity contribution in [1.29, 1.82) is 5.26 Å². The van der Waals surface area contributed by atoms with E-state index < -0.39 is 5.91 Å². The summed E-state index contributed by atoms with van der Waals surface area (Å²) in [4.78, 5) is 12.5. The molecular weight excluding hydrogens is 419 g/mol. The van der Waals surface area contributed by atoms with Crippen LogP contribution in [-0.4, -0.2) is 5.91 Å². The molecule has 3 rings (SSSR count). The Labute approximate surface area is 185 Å². The molecule has 6 heteroatoms. The van der Waals surface area contributed by atoms with Gasteiger partial charge in [0, 0.05) is 15.7 Å². The van der Waals surface area contributed by atoms with Gasteiger partial charge in [-0.3, -0.25) is 4.79 Å². The molecule has 0 radical (unpaired) electrons. The van der Waals surface area contributed by atoms with Crippen LogP contribution in [-0.2, 0) is 11.4 Å². The lowest BCUT2D eigenvalue weighted by Crippen LogP contribution is -2.14. The van der Waals surface area contributed by atoms with Crippen LogP contribution < -0.4 is 10.1 Å². The normalized spacial score (nSPS) is 10.9. The summed E-state index contributed by atoms with van der Waals surface area (Å²) in [5.74, 6) is 0.175. The van der Waals surface area contributed by atoms with Crippen LogP contribution in [0.5, 0.6) is 5.75 Å². The fourth-order valence-electron chi connectivity index (χ4n) is 2.69. The molecule has 0 aromatic heterocycles. The van der Waals surface area contributed by atoms with Crippen molar-refractivity contribution in [2.45, 2.75) is 13.5 Å². The third kappa shape index (κ3) is 5.87. The minimum Gasteiger partial charge on any atom is -0.489 e. The van der Waals surface area contributed by atoms with Crippen molar-refractivity contribution >= 4 is 40.9 Å². The van der Waals surface area contributed by atoms with Crippen LogP contribution in [0.3, 0.4) is 0 Å². The van der Waals surface area contributed by atoms with Gasteiger partial charge in [-0.1, -0.05) is 53.5 Å². The maximum Gasteiger partial charge on any atom is 0.266 e. The average molecular weight is 437 g/mol. The van der Waals surface area contributed by atoms with Crippen molar-refractivity contribution in [1.82, 2.24) is 0 Å². The smallest absolute Gasteiger partial charge is 0.266 e. The zero-order valence-corrected chi connectivity index (χ0v) is 17.7. The Bertz CT molecular complexity index is 1130. The van der Waals surface area contributed by atoms with Gasteiger partial charge in [-0.15, -0.1) is 0 Å². The average Bonchev–Trinajstić information content (AvgIpc) is 2.74. The summed E-state index contributed by atoms with van der Waals surface area (Å²) in [6.45, 7) is 2.24. The van der Waals surface area contributed by atoms with E-state index in [-0.39, 0.29) is 5.57 Å². The first kappa shape index (κ1) is 21.4. The lowest BCUT2D eigenvalue weighted by atomic mass is 10.1. The summed E-state index contributed by atoms with van der Waals surface area (Å²) in [5.41, 5.74) is 3.08. The zero-order valence-electron chi connectivity index (χ0n) is 16.2. The van der Waals surface area contributed by atoms with Crippen molar-refractivity contribution in [3.05, 3.63) is 99.0 Å². The quantitative estimate of drug-likeness (QED) is 0.357. The Kier molecular flexibility index (Phi) is 7.13. The molecule has 1 amide bonds. The molecule has 3 aromatic rings. The molecule has 0 saturated carbocycles. The number of ether oxygens (including phenoxy) is 1. The van der Waals surface area contributed by atoms with Crippen molar-refractivity contribution in [2.24, 2.45) is 0 Å². The standard InChI is InChI=1S/C24H18Cl2N2O2/c1-16-5-8-21(26)13-23(16)28-24(29)19(14-27)11-17-6-9-22(10-7-17)30-15-18-3-2-4-20(25)12-18/h2-13H,15H2,1H3,(H,28,29)/b19-11+. The maximum absolute atomic E-state index is 12.5. The first-order valence-electron chi connectivity index (χ1n) is 9.11. The molecule has 1 N–H and O–H groups in total. The fraction of sp³-hybridized carbons (Fsp3) is 0.0833. The Hall–Kier alpha value is -3.26. The van der Waals surface area contributed by atoms with Gasteiger partial charge in [0.05, 0.1) is 0 Å². The van der Waals surface area contributed by atoms with Crippen LogP contribution in [0.15, 0.2) is 72.3 Å². The number of hydrogen-bond acceptors (Lipinski definition) is 3. The van der Waals surface area contributed by atoms with Crippen LogP contribution in [0.1, 0.15) is 16.7 Å². The molecule has 0 bridgehead atoms. The lowest BCUT2D eigenvalue weighted by Gasteiger charge is -2.09. The topological polar surface area (TPSA) is 62.1 Å². The van der Waals surface area contributed by atoms with Gasteiger partial charge in [-0.05, 0) is 66.1 Å². The number of anilines is 1. The van der Waals surface area contributed by atoms with Gasteiger partial charge < -0.3 is 10.1 Å². The molecular formula is C24H18Cl2N2O2. The Morgan fingerprint density at radius 2 is 1.80 bits per heavy atom. The fourth-order valence-corrected chi connectivity index (χ4v) is 3.07. The van der Waals surface area contributed by atoms with E-state index in [4.69, 9.17) is 27.9 Å². The summed E-state index contributed by atoms with van der Waals surface area (Å²) >= 11 is 12.0. The largest absolute Gasteiger partial charge is 0.489 e. The van der Waals surface area contributed by atoms with Gasteiger partial charge in [0.1, 0.15) is 24.0 Å². The zero-order chi connectivity index (χ0) is 21.5. The molecule has 0 atom stereocenters. The van der Waals surface area contributed by atoms with E-state index in [2.05, 4.69) is 5.32 Å². The maximum atomic E-state index is 12.5. The minimum atomic E-state index is -0.496. The molecule has 0 spiro atoms. The third-order valence-corrected chi connectivity index (χ3v) is 4.77. The number of carbonyl (C=O) groups is 1. The number of nitrogens with one attached hydrogen (secondary N) is 1. The Balaban J connectivity index is 1.67. The minimum absolute atomic E-state index is 0.0121. The summed E-state index contributed by atoms with van der Waals surface area (Å²) < 4.78 is 5.75. The van der Waals surface area contributed by atoms with E-state index in [0.717, 1.165) is 11.1 Å². The van der Waals surface area contributed by atoms with E-state index in [1.807, 2.05) is 37.3 Å². The molecule has 3 aromatic carbocycles. The second-order valence-corrected chi connectivity index (χ2v) is 7.44. The highest BCUT2D eigenvalue weighted by atomic mass is 35.5. The number of rotatable bonds is 6. The summed E-state index contributed by atoms with van der Waals surface area (Å²) in [6, 6.07) is 21.7. The number of aryl methyl sites for hydroxylation is 1. The van der Waals surface area contributed by atoms with Crippen molar-refractivity contribution in [2.75, 3.05) is 5.32 Å². The second-order valence-electron chi connectivity index (χ2n) is 6.57. The Morgan fingerprint density at radius 3 is 2.50 bits per heavy atom. The number of carbonyl (C=O) groups excluding carboxylic acids is 1. The summed E-state index contributed by atoms with van der Waals surface area (Å²) in [5, 5.41) is 13.3. The van der Waals surface area contributed by atoms with Crippen LogP contribution >= 0.6 is 23.2 Å². The number of nitrogens with zero attached hydrogens (tertiary/aromatic N) is 1. The van der Waals surface area contributed by atoms with Crippen molar-refractivity contribution < 1.29 is 9.53 Å². The summed E-state index contributed by atoms with van der Waals surface area (Å²) in [7, 11) is 0. The number of amides is 1. The molecule has 0 aliphatic heterocycles. The third-order valence-electron chi connectivity index (χ3n) is 4.30. The van der Waals surface area contributed by atoms with Crippen LogP contribution in [0.4, 0.5) is 5.69 Å². The monoisotopic (exact) mass is 436 g/mol. The highest BCUT2D eigenvalue weighted by Crippen LogP contribution is 2.22. The molecule has 4 nitrogen and oxygen atoms in total. The first-order chi connectivity index (χ1) is 14.4. The van der Waals surface area contributed by atoms with Gasteiger partial charge in [0.2, 0.25) is 0 Å². The van der Waals surface area contributed by atoms with Gasteiger partial charge >= 0.3 is 0 Å². The molecule has 30 heavy (non-hydrogen) atoms. The van der Waals surface area contributed by atoms with Gasteiger partial charge in [0.25, 0.3) is 5.91 Å². The first-order valence-corrected chi connectivity index (χ1v) is 9.87. The molecule has 0 aliphatic carbocycles. The van der Waals surface area contributed by atoms with Crippen LogP contribution in [0.25, 0.3) is 6.08 Å². The molecule has 150 valence electrons. The highest BCUT2D eigenvalue weighted by Gasteiger charge is 2.11. The van der Waals surface area contributed by atoms with E-state index in [1.165, 1.54) is 6.08 Å². The number of benzene rings is 3. The Morgan fingerprint density at radius 1 is 1.07 bits per heavy atom. The SMILES string of the molecule is Cc1ccc(Cl)cc1NC(=O)/C(C#N)=C/c1ccc(OCc2cccc(Cl)c2)cc1. The number of hydrogen-bond donors (Lipinski definition) is 1. The van der Waals surface area contributed by atoms with Crippen molar-refractivity contribution in [3.8, 4) is 11.8 Å². The molecule has 0 aliphatic rings. The van der Waals surface area contributed by atoms with Gasteiger partial charge in [0.15, 0.2) is 0 Å². The predicted octanol–water partition coefficient (Wildman–Crippen LogP) is 6.43. The van der Waals surface area contributed by atoms with E-state index in [1.54, 1.807) is 42.5 Å². The van der Waals surface area contributed by atoms with E-state index >= 15 is 0 Å². The number of nitriles is 1. The lowest BCUT2D eigenvalue weighted by molar-refractivity contribution is -0.112. The highest BCUT2D eigenvalue weighted by molar-refractivity contribution is 6.31. The molecule has 0 saturated heterocycles. The van der Waals surface area contributed by atoms with E-state index in [0.29, 0.717) is 33.7 Å². The van der Waals surface area contributed by atoms with Gasteiger partial charge in [-0.25, -0.2) is 0 Å². The predicted molar refractivity (Wildman–Crippen MR) is 121 cm³/mol. The number of halogens is 2. The van der Waals surface area contributed by atoms with Crippen LogP contribution in [0.2, 0.25) is 10.0 Å².